The lowest BCUT2D eigenvalue weighted by Gasteiger charge is -2.50. The molecule has 2 rings (SSSR count). The van der Waals surface area contributed by atoms with E-state index >= 15 is 0 Å². The van der Waals surface area contributed by atoms with Gasteiger partial charge in [0.25, 0.3) is 0 Å². The van der Waals surface area contributed by atoms with Crippen LogP contribution < -0.4 is 5.73 Å². The number of morpholine rings is 1. The van der Waals surface area contributed by atoms with Gasteiger partial charge in [0.1, 0.15) is 9.84 Å². The molecule has 0 aromatic carbocycles. The maximum Gasteiger partial charge on any atom is 0.150 e. The van der Waals surface area contributed by atoms with E-state index in [1.807, 2.05) is 0 Å². The van der Waals surface area contributed by atoms with Crippen LogP contribution in [0.2, 0.25) is 0 Å². The molecule has 0 unspecified atom stereocenters. The lowest BCUT2D eigenvalue weighted by Crippen LogP contribution is -2.63. The maximum atomic E-state index is 11.6. The first-order valence-electron chi connectivity index (χ1n) is 6.58. The minimum Gasteiger partial charge on any atom is -0.373 e. The Morgan fingerprint density at radius 1 is 1.28 bits per heavy atom. The summed E-state index contributed by atoms with van der Waals surface area (Å²) in [6, 6.07) is 0. The quantitative estimate of drug-likeness (QED) is 0.769. The molecule has 0 spiro atoms. The van der Waals surface area contributed by atoms with Gasteiger partial charge in [-0.2, -0.15) is 0 Å². The summed E-state index contributed by atoms with van der Waals surface area (Å²) in [7, 11) is -2.84. The Bertz CT molecular complexity index is 392. The Labute approximate surface area is 110 Å². The molecule has 0 atom stereocenters. The van der Waals surface area contributed by atoms with Gasteiger partial charge in [-0.15, -0.1) is 0 Å². The smallest absolute Gasteiger partial charge is 0.150 e. The van der Waals surface area contributed by atoms with Crippen molar-refractivity contribution in [3.63, 3.8) is 0 Å². The van der Waals surface area contributed by atoms with Crippen molar-refractivity contribution in [2.24, 2.45) is 5.73 Å². The van der Waals surface area contributed by atoms with E-state index in [0.29, 0.717) is 26.0 Å². The minimum absolute atomic E-state index is 0.146. The summed E-state index contributed by atoms with van der Waals surface area (Å²) >= 11 is 0. The summed E-state index contributed by atoms with van der Waals surface area (Å²) in [5.41, 5.74) is 5.65. The average molecular weight is 276 g/mol. The second-order valence-corrected chi connectivity index (χ2v) is 8.41. The molecule has 2 fully saturated rings. The van der Waals surface area contributed by atoms with Crippen molar-refractivity contribution in [1.29, 1.82) is 0 Å². The average Bonchev–Trinajstić information content (AvgIpc) is 2.28. The van der Waals surface area contributed by atoms with Crippen molar-refractivity contribution in [1.82, 2.24) is 4.90 Å². The molecule has 6 heteroatoms. The van der Waals surface area contributed by atoms with E-state index in [1.165, 1.54) is 0 Å². The molecule has 0 aliphatic carbocycles. The van der Waals surface area contributed by atoms with Gasteiger partial charge in [-0.05, 0) is 26.7 Å². The van der Waals surface area contributed by atoms with Crippen LogP contribution in [0, 0.1) is 0 Å². The first kappa shape index (κ1) is 14.2. The second-order valence-electron chi connectivity index (χ2n) is 6.11. The molecule has 2 aliphatic heterocycles. The maximum absolute atomic E-state index is 11.6. The fraction of sp³-hybridized carbons (Fsp3) is 1.00. The number of nitrogens with two attached hydrogens (primary N) is 1. The van der Waals surface area contributed by atoms with Crippen molar-refractivity contribution < 1.29 is 13.2 Å². The number of rotatable bonds is 2. The van der Waals surface area contributed by atoms with Gasteiger partial charge in [0, 0.05) is 25.2 Å². The molecule has 0 aromatic rings. The van der Waals surface area contributed by atoms with Crippen LogP contribution in [0.5, 0.6) is 0 Å². The van der Waals surface area contributed by atoms with Crippen LogP contribution in [-0.4, -0.2) is 62.2 Å². The highest BCUT2D eigenvalue weighted by Crippen LogP contribution is 2.32. The van der Waals surface area contributed by atoms with E-state index in [0.717, 1.165) is 13.1 Å². The zero-order valence-electron chi connectivity index (χ0n) is 11.3. The molecule has 0 saturated carbocycles. The van der Waals surface area contributed by atoms with Gasteiger partial charge in [0.2, 0.25) is 0 Å². The van der Waals surface area contributed by atoms with Gasteiger partial charge in [-0.3, -0.25) is 4.90 Å². The Morgan fingerprint density at radius 2 is 1.89 bits per heavy atom. The summed E-state index contributed by atoms with van der Waals surface area (Å²) < 4.78 is 28.9. The zero-order chi connectivity index (χ0) is 13.4. The van der Waals surface area contributed by atoms with Crippen molar-refractivity contribution in [2.75, 3.05) is 37.7 Å². The number of sulfone groups is 1. The van der Waals surface area contributed by atoms with Crippen molar-refractivity contribution in [3.05, 3.63) is 0 Å². The van der Waals surface area contributed by atoms with E-state index in [4.69, 9.17) is 10.5 Å². The minimum atomic E-state index is -2.84. The van der Waals surface area contributed by atoms with E-state index in [9.17, 15) is 8.42 Å². The molecule has 18 heavy (non-hydrogen) atoms. The predicted molar refractivity (Wildman–Crippen MR) is 71.3 cm³/mol. The highest BCUT2D eigenvalue weighted by molar-refractivity contribution is 7.91. The monoisotopic (exact) mass is 276 g/mol. The van der Waals surface area contributed by atoms with Crippen molar-refractivity contribution in [2.45, 2.75) is 37.8 Å². The van der Waals surface area contributed by atoms with E-state index in [2.05, 4.69) is 18.7 Å². The highest BCUT2D eigenvalue weighted by atomic mass is 32.2. The fourth-order valence-corrected chi connectivity index (χ4v) is 4.57. The first-order valence-corrected chi connectivity index (χ1v) is 8.40. The lowest BCUT2D eigenvalue weighted by atomic mass is 9.88. The summed E-state index contributed by atoms with van der Waals surface area (Å²) in [5.74, 6) is 0.532. The summed E-state index contributed by atoms with van der Waals surface area (Å²) in [4.78, 5) is 2.35. The normalized spacial score (nSPS) is 31.1. The molecular formula is C12H24N2O3S. The van der Waals surface area contributed by atoms with Crippen molar-refractivity contribution >= 4 is 9.84 Å². The van der Waals surface area contributed by atoms with Gasteiger partial charge in [-0.25, -0.2) is 8.42 Å². The molecule has 0 bridgehead atoms. The Balaban J connectivity index is 2.13. The summed E-state index contributed by atoms with van der Waals surface area (Å²) in [6.07, 6.45) is 1.31. The Morgan fingerprint density at radius 3 is 2.39 bits per heavy atom. The van der Waals surface area contributed by atoms with Gasteiger partial charge in [-0.1, -0.05) is 0 Å². The fourth-order valence-electron chi connectivity index (χ4n) is 2.99. The molecule has 0 radical (unpaired) electrons. The Hall–Kier alpha value is -0.170. The molecule has 2 aliphatic rings. The van der Waals surface area contributed by atoms with Crippen LogP contribution in [0.4, 0.5) is 0 Å². The molecule has 2 N–H and O–H groups in total. The van der Waals surface area contributed by atoms with Crippen LogP contribution in [0.15, 0.2) is 0 Å². The van der Waals surface area contributed by atoms with E-state index < -0.39 is 9.84 Å². The molecular weight excluding hydrogens is 252 g/mol. The topological polar surface area (TPSA) is 72.6 Å². The highest BCUT2D eigenvalue weighted by Gasteiger charge is 2.44. The van der Waals surface area contributed by atoms with Crippen LogP contribution in [0.1, 0.15) is 26.7 Å². The number of hydrogen-bond acceptors (Lipinski definition) is 5. The first-order chi connectivity index (χ1) is 8.29. The molecule has 0 aromatic heterocycles. The summed E-state index contributed by atoms with van der Waals surface area (Å²) in [5, 5.41) is 0. The largest absolute Gasteiger partial charge is 0.373 e. The number of ether oxygens (including phenoxy) is 1. The van der Waals surface area contributed by atoms with Crippen LogP contribution in [-0.2, 0) is 14.6 Å². The zero-order valence-corrected chi connectivity index (χ0v) is 12.1. The summed E-state index contributed by atoms with van der Waals surface area (Å²) in [6.45, 7) is 7.04. The van der Waals surface area contributed by atoms with Crippen LogP contribution >= 0.6 is 0 Å². The van der Waals surface area contributed by atoms with E-state index in [1.54, 1.807) is 0 Å². The third-order valence-corrected chi connectivity index (χ3v) is 5.89. The third-order valence-electron chi connectivity index (χ3n) is 4.23. The van der Waals surface area contributed by atoms with Gasteiger partial charge < -0.3 is 10.5 Å². The lowest BCUT2D eigenvalue weighted by molar-refractivity contribution is -0.117. The van der Waals surface area contributed by atoms with Gasteiger partial charge in [0.05, 0.1) is 23.7 Å². The van der Waals surface area contributed by atoms with E-state index in [-0.39, 0.29) is 22.6 Å². The van der Waals surface area contributed by atoms with Gasteiger partial charge in [0.15, 0.2) is 0 Å². The predicted octanol–water partition coefficient (Wildman–Crippen LogP) is 0.00330. The second kappa shape index (κ2) is 4.74. The molecule has 5 nitrogen and oxygen atoms in total. The SMILES string of the molecule is CC1(C)CN(C2(CN)CCS(=O)(=O)CC2)CCO1. The van der Waals surface area contributed by atoms with Crippen molar-refractivity contribution in [3.8, 4) is 0 Å². The molecule has 106 valence electrons. The number of hydrogen-bond donors (Lipinski definition) is 1. The third kappa shape index (κ3) is 2.87. The number of nitrogens with zero attached hydrogens (tertiary/aromatic N) is 1. The molecule has 2 heterocycles. The standard InChI is InChI=1S/C12H24N2O3S/c1-11(2)10-14(5-6-17-11)12(9-13)3-7-18(15,16)8-4-12/h3-10,13H2,1-2H3. The Kier molecular flexibility index (Phi) is 3.75. The van der Waals surface area contributed by atoms with Gasteiger partial charge >= 0.3 is 0 Å². The van der Waals surface area contributed by atoms with Crippen LogP contribution in [0.3, 0.4) is 0 Å². The molecule has 0 amide bonds. The van der Waals surface area contributed by atoms with Crippen LogP contribution in [0.25, 0.3) is 0 Å². The molecule has 2 saturated heterocycles.